The molecule has 0 amide bonds. The van der Waals surface area contributed by atoms with Gasteiger partial charge in [-0.3, -0.25) is 0 Å². The number of aryl methyl sites for hydroxylation is 1. The predicted octanol–water partition coefficient (Wildman–Crippen LogP) is 2.09. The van der Waals surface area contributed by atoms with Crippen molar-refractivity contribution in [1.82, 2.24) is 0 Å². The Bertz CT molecular complexity index is 779. The Labute approximate surface area is 115 Å². The number of nitrogens with two attached hydrogens (primary N) is 1. The minimum absolute atomic E-state index is 0.166. The monoisotopic (exact) mass is 268 g/mol. The number of nitrogens with zero attached hydrogens (tertiary/aromatic N) is 1. The highest BCUT2D eigenvalue weighted by molar-refractivity contribution is 6.28. The number of benzene rings is 2. The van der Waals surface area contributed by atoms with E-state index in [0.717, 1.165) is 22.3 Å². The number of carboxylic acids is 1. The third kappa shape index (κ3) is 1.50. The molecule has 2 aromatic rings. The van der Waals surface area contributed by atoms with Crippen molar-refractivity contribution in [3.05, 3.63) is 52.6 Å². The Balaban J connectivity index is 2.43. The average Bonchev–Trinajstić information content (AvgIpc) is 2.70. The standard InChI is InChI=1S/C15H12N2O3/c1-7-2-3-8-9-4-5-11(18)13(15(19)20)12(9)14(17-16)10(8)6-7/h2-6,18H,16H2,1H3,(H,19,20). The van der Waals surface area contributed by atoms with Crippen LogP contribution in [-0.4, -0.2) is 21.9 Å². The van der Waals surface area contributed by atoms with E-state index in [1.54, 1.807) is 6.07 Å². The molecule has 3 rings (SSSR count). The van der Waals surface area contributed by atoms with E-state index in [1.165, 1.54) is 6.07 Å². The molecule has 0 aliphatic heterocycles. The van der Waals surface area contributed by atoms with E-state index in [0.29, 0.717) is 11.3 Å². The highest BCUT2D eigenvalue weighted by Crippen LogP contribution is 2.41. The maximum atomic E-state index is 11.4. The van der Waals surface area contributed by atoms with Crippen LogP contribution >= 0.6 is 0 Å². The SMILES string of the molecule is Cc1ccc2c(c1)C(=NN)c1c-2ccc(O)c1C(=O)O. The predicted molar refractivity (Wildman–Crippen MR) is 75.1 cm³/mol. The summed E-state index contributed by atoms with van der Waals surface area (Å²) in [7, 11) is 0. The van der Waals surface area contributed by atoms with Gasteiger partial charge in [0.2, 0.25) is 0 Å². The van der Waals surface area contributed by atoms with Crippen molar-refractivity contribution in [2.45, 2.75) is 6.92 Å². The number of aromatic carboxylic acids is 1. The van der Waals surface area contributed by atoms with Crippen LogP contribution in [-0.2, 0) is 0 Å². The minimum Gasteiger partial charge on any atom is -0.507 e. The molecule has 0 aromatic heterocycles. The molecule has 2 aromatic carbocycles. The van der Waals surface area contributed by atoms with E-state index in [2.05, 4.69) is 5.10 Å². The van der Waals surface area contributed by atoms with Crippen molar-refractivity contribution in [2.24, 2.45) is 10.9 Å². The molecule has 4 N–H and O–H groups in total. The lowest BCUT2D eigenvalue weighted by atomic mass is 9.99. The van der Waals surface area contributed by atoms with Crippen LogP contribution in [0.5, 0.6) is 5.75 Å². The molecule has 100 valence electrons. The number of carboxylic acid groups (broad SMARTS) is 1. The van der Waals surface area contributed by atoms with Gasteiger partial charge in [-0.15, -0.1) is 0 Å². The first-order chi connectivity index (χ1) is 9.54. The van der Waals surface area contributed by atoms with Gasteiger partial charge >= 0.3 is 5.97 Å². The van der Waals surface area contributed by atoms with Crippen LogP contribution in [0.25, 0.3) is 11.1 Å². The summed E-state index contributed by atoms with van der Waals surface area (Å²) in [5.74, 6) is 3.95. The average molecular weight is 268 g/mol. The highest BCUT2D eigenvalue weighted by Gasteiger charge is 2.31. The van der Waals surface area contributed by atoms with Crippen LogP contribution in [0, 0.1) is 6.92 Å². The summed E-state index contributed by atoms with van der Waals surface area (Å²) in [5, 5.41) is 22.9. The number of hydrogen-bond donors (Lipinski definition) is 3. The summed E-state index contributed by atoms with van der Waals surface area (Å²) in [6, 6.07) is 8.82. The number of rotatable bonds is 1. The van der Waals surface area contributed by atoms with E-state index in [-0.39, 0.29) is 11.3 Å². The van der Waals surface area contributed by atoms with Crippen molar-refractivity contribution in [2.75, 3.05) is 0 Å². The first-order valence-electron chi connectivity index (χ1n) is 6.03. The number of hydrazone groups is 1. The second-order valence-electron chi connectivity index (χ2n) is 4.71. The second-order valence-corrected chi connectivity index (χ2v) is 4.71. The summed E-state index contributed by atoms with van der Waals surface area (Å²) in [4.78, 5) is 11.4. The van der Waals surface area contributed by atoms with Gasteiger partial charge in [-0.05, 0) is 36.2 Å². The summed E-state index contributed by atoms with van der Waals surface area (Å²) in [6.07, 6.45) is 0. The van der Waals surface area contributed by atoms with Gasteiger partial charge in [0.05, 0.1) is 5.71 Å². The third-order valence-corrected chi connectivity index (χ3v) is 3.48. The molecule has 0 saturated carbocycles. The maximum absolute atomic E-state index is 11.4. The zero-order valence-corrected chi connectivity index (χ0v) is 10.7. The fraction of sp³-hybridized carbons (Fsp3) is 0.0667. The molecule has 0 heterocycles. The van der Waals surface area contributed by atoms with Crippen molar-refractivity contribution < 1.29 is 15.0 Å². The maximum Gasteiger partial charge on any atom is 0.340 e. The van der Waals surface area contributed by atoms with Crippen LogP contribution in [0.15, 0.2) is 35.4 Å². The molecule has 0 spiro atoms. The van der Waals surface area contributed by atoms with E-state index in [4.69, 9.17) is 5.84 Å². The van der Waals surface area contributed by atoms with E-state index >= 15 is 0 Å². The van der Waals surface area contributed by atoms with Crippen molar-refractivity contribution in [3.8, 4) is 16.9 Å². The fourth-order valence-corrected chi connectivity index (χ4v) is 2.64. The van der Waals surface area contributed by atoms with Gasteiger partial charge in [0.15, 0.2) is 0 Å². The molecule has 20 heavy (non-hydrogen) atoms. The smallest absolute Gasteiger partial charge is 0.340 e. The molecule has 0 unspecified atom stereocenters. The molecule has 0 saturated heterocycles. The molecule has 0 fully saturated rings. The summed E-state index contributed by atoms with van der Waals surface area (Å²) < 4.78 is 0. The molecular formula is C15H12N2O3. The van der Waals surface area contributed by atoms with Gasteiger partial charge in [-0.1, -0.05) is 17.7 Å². The quantitative estimate of drug-likeness (QED) is 0.465. The Morgan fingerprint density at radius 3 is 2.50 bits per heavy atom. The molecule has 5 nitrogen and oxygen atoms in total. The lowest BCUT2D eigenvalue weighted by Crippen LogP contribution is -2.09. The highest BCUT2D eigenvalue weighted by atomic mass is 16.4. The topological polar surface area (TPSA) is 95.9 Å². The lowest BCUT2D eigenvalue weighted by molar-refractivity contribution is 0.0693. The zero-order chi connectivity index (χ0) is 14.4. The largest absolute Gasteiger partial charge is 0.507 e. The first kappa shape index (κ1) is 12.2. The van der Waals surface area contributed by atoms with Crippen LogP contribution in [0.1, 0.15) is 27.0 Å². The van der Waals surface area contributed by atoms with Crippen molar-refractivity contribution >= 4 is 11.7 Å². The summed E-state index contributed by atoms with van der Waals surface area (Å²) in [6.45, 7) is 1.94. The zero-order valence-electron chi connectivity index (χ0n) is 10.7. The van der Waals surface area contributed by atoms with Crippen molar-refractivity contribution in [3.63, 3.8) is 0 Å². The molecule has 1 aliphatic rings. The Morgan fingerprint density at radius 1 is 1.15 bits per heavy atom. The normalized spacial score (nSPS) is 14.2. The number of phenols is 1. The van der Waals surface area contributed by atoms with Crippen LogP contribution in [0.3, 0.4) is 0 Å². The van der Waals surface area contributed by atoms with Crippen LogP contribution in [0.4, 0.5) is 0 Å². The first-order valence-corrected chi connectivity index (χ1v) is 6.03. The van der Waals surface area contributed by atoms with Gasteiger partial charge in [0, 0.05) is 11.1 Å². The van der Waals surface area contributed by atoms with E-state index < -0.39 is 5.97 Å². The summed E-state index contributed by atoms with van der Waals surface area (Å²) in [5.41, 5.74) is 4.01. The second kappa shape index (κ2) is 4.09. The molecule has 0 radical (unpaired) electrons. The summed E-state index contributed by atoms with van der Waals surface area (Å²) >= 11 is 0. The third-order valence-electron chi connectivity index (χ3n) is 3.48. The van der Waals surface area contributed by atoms with E-state index in [1.807, 2.05) is 25.1 Å². The fourth-order valence-electron chi connectivity index (χ4n) is 2.64. The Morgan fingerprint density at radius 2 is 1.85 bits per heavy atom. The minimum atomic E-state index is -1.20. The molecular weight excluding hydrogens is 256 g/mol. The van der Waals surface area contributed by atoms with Gasteiger partial charge in [-0.2, -0.15) is 5.10 Å². The van der Waals surface area contributed by atoms with Gasteiger partial charge in [-0.25, -0.2) is 4.79 Å². The van der Waals surface area contributed by atoms with Gasteiger partial charge in [0.1, 0.15) is 11.3 Å². The van der Waals surface area contributed by atoms with E-state index in [9.17, 15) is 15.0 Å². The number of aromatic hydroxyl groups is 1. The van der Waals surface area contributed by atoms with Gasteiger partial charge < -0.3 is 16.1 Å². The van der Waals surface area contributed by atoms with Crippen molar-refractivity contribution in [1.29, 1.82) is 0 Å². The number of carbonyl (C=O) groups is 1. The Hall–Kier alpha value is -2.82. The molecule has 0 bridgehead atoms. The van der Waals surface area contributed by atoms with Crippen LogP contribution in [0.2, 0.25) is 0 Å². The molecule has 5 heteroatoms. The molecule has 0 atom stereocenters. The molecule has 1 aliphatic carbocycles. The Kier molecular flexibility index (Phi) is 2.50. The lowest BCUT2D eigenvalue weighted by Gasteiger charge is -2.07. The number of hydrogen-bond acceptors (Lipinski definition) is 4. The number of fused-ring (bicyclic) bond motifs is 3. The van der Waals surface area contributed by atoms with Gasteiger partial charge in [0.25, 0.3) is 0 Å². The van der Waals surface area contributed by atoms with Crippen LogP contribution < -0.4 is 5.84 Å².